The van der Waals surface area contributed by atoms with E-state index in [9.17, 15) is 4.79 Å². The monoisotopic (exact) mass is 376 g/mol. The second-order valence-corrected chi connectivity index (χ2v) is 7.23. The molecule has 2 heterocycles. The quantitative estimate of drug-likeness (QED) is 0.783. The van der Waals surface area contributed by atoms with Crippen LogP contribution in [0.3, 0.4) is 0 Å². The molecule has 1 amide bonds. The second kappa shape index (κ2) is 9.15. The van der Waals surface area contributed by atoms with Crippen molar-refractivity contribution in [3.05, 3.63) is 63.3 Å². The number of nitrogens with zero attached hydrogens (tertiary/aromatic N) is 1. The highest BCUT2D eigenvalue weighted by Gasteiger charge is 2.23. The van der Waals surface area contributed by atoms with Gasteiger partial charge in [-0.05, 0) is 35.2 Å². The number of nitrogens with one attached hydrogen (secondary N) is 1. The van der Waals surface area contributed by atoms with E-state index in [2.05, 4.69) is 27.7 Å². The lowest BCUT2D eigenvalue weighted by Gasteiger charge is -2.34. The van der Waals surface area contributed by atoms with Crippen LogP contribution in [-0.4, -0.2) is 43.7 Å². The van der Waals surface area contributed by atoms with Gasteiger partial charge in [-0.1, -0.05) is 29.8 Å². The van der Waals surface area contributed by atoms with Gasteiger partial charge in [-0.3, -0.25) is 9.69 Å². The van der Waals surface area contributed by atoms with Crippen molar-refractivity contribution < 1.29 is 9.53 Å². The highest BCUT2D eigenvalue weighted by Crippen LogP contribution is 2.25. The molecule has 1 aromatic heterocycles. The van der Waals surface area contributed by atoms with E-state index in [-0.39, 0.29) is 11.9 Å². The van der Waals surface area contributed by atoms with E-state index in [1.807, 2.05) is 24.3 Å². The molecule has 1 aromatic carbocycles. The Labute approximate surface area is 157 Å². The van der Waals surface area contributed by atoms with Crippen molar-refractivity contribution in [2.45, 2.75) is 6.04 Å². The summed E-state index contributed by atoms with van der Waals surface area (Å²) >= 11 is 7.59. The summed E-state index contributed by atoms with van der Waals surface area (Å²) in [6.45, 7) is 3.85. The third-order valence-electron chi connectivity index (χ3n) is 4.12. The zero-order valence-electron chi connectivity index (χ0n) is 13.9. The molecule has 1 aliphatic heterocycles. The molecule has 1 fully saturated rings. The van der Waals surface area contributed by atoms with Gasteiger partial charge in [0.1, 0.15) is 0 Å². The minimum absolute atomic E-state index is 0.0928. The molecule has 0 saturated carbocycles. The third kappa shape index (κ3) is 5.41. The number of benzene rings is 1. The van der Waals surface area contributed by atoms with Crippen LogP contribution in [0.25, 0.3) is 6.08 Å². The van der Waals surface area contributed by atoms with E-state index in [4.69, 9.17) is 16.3 Å². The van der Waals surface area contributed by atoms with E-state index in [0.717, 1.165) is 31.9 Å². The number of thiophene rings is 1. The average Bonchev–Trinajstić information content (AvgIpc) is 3.17. The van der Waals surface area contributed by atoms with Crippen molar-refractivity contribution in [1.82, 2.24) is 10.2 Å². The maximum Gasteiger partial charge on any atom is 0.244 e. The van der Waals surface area contributed by atoms with Gasteiger partial charge in [-0.25, -0.2) is 0 Å². The van der Waals surface area contributed by atoms with Crippen molar-refractivity contribution in [2.24, 2.45) is 0 Å². The Morgan fingerprint density at radius 1 is 1.28 bits per heavy atom. The topological polar surface area (TPSA) is 41.6 Å². The average molecular weight is 377 g/mol. The zero-order chi connectivity index (χ0) is 17.5. The molecule has 2 aromatic rings. The molecule has 0 spiro atoms. The number of amides is 1. The maximum atomic E-state index is 12.2. The number of hydrogen-bond acceptors (Lipinski definition) is 4. The third-order valence-corrected chi connectivity index (χ3v) is 5.35. The van der Waals surface area contributed by atoms with Crippen LogP contribution in [0, 0.1) is 0 Å². The summed E-state index contributed by atoms with van der Waals surface area (Å²) in [5, 5.41) is 5.78. The number of carbonyl (C=O) groups excluding carboxylic acids is 1. The summed E-state index contributed by atoms with van der Waals surface area (Å²) in [4.78, 5) is 15.8. The van der Waals surface area contributed by atoms with Gasteiger partial charge in [0, 0.05) is 35.6 Å². The van der Waals surface area contributed by atoms with Crippen LogP contribution in [-0.2, 0) is 9.53 Å². The first-order valence-corrected chi connectivity index (χ1v) is 9.55. The molecule has 0 aliphatic carbocycles. The summed E-state index contributed by atoms with van der Waals surface area (Å²) in [6, 6.07) is 11.8. The van der Waals surface area contributed by atoms with Crippen molar-refractivity contribution >= 4 is 34.9 Å². The highest BCUT2D eigenvalue weighted by atomic mass is 35.5. The van der Waals surface area contributed by atoms with Crippen LogP contribution >= 0.6 is 22.9 Å². The van der Waals surface area contributed by atoms with Gasteiger partial charge in [0.15, 0.2) is 0 Å². The van der Waals surface area contributed by atoms with Crippen LogP contribution in [0.1, 0.15) is 16.5 Å². The lowest BCUT2D eigenvalue weighted by atomic mass is 10.2. The van der Waals surface area contributed by atoms with Crippen LogP contribution in [0.2, 0.25) is 5.02 Å². The molecule has 3 rings (SSSR count). The largest absolute Gasteiger partial charge is 0.379 e. The number of carbonyl (C=O) groups is 1. The molecular formula is C19H21ClN2O2S. The van der Waals surface area contributed by atoms with E-state index >= 15 is 0 Å². The molecule has 1 saturated heterocycles. The van der Waals surface area contributed by atoms with Crippen molar-refractivity contribution in [2.75, 3.05) is 32.8 Å². The molecule has 1 N–H and O–H groups in total. The molecule has 25 heavy (non-hydrogen) atoms. The molecule has 1 aliphatic rings. The van der Waals surface area contributed by atoms with Crippen LogP contribution in [0.4, 0.5) is 0 Å². The minimum Gasteiger partial charge on any atom is -0.379 e. The Hall–Kier alpha value is -1.66. The molecule has 1 unspecified atom stereocenters. The van der Waals surface area contributed by atoms with Crippen molar-refractivity contribution in [1.29, 1.82) is 0 Å². The smallest absolute Gasteiger partial charge is 0.244 e. The molecule has 0 radical (unpaired) electrons. The van der Waals surface area contributed by atoms with Gasteiger partial charge >= 0.3 is 0 Å². The molecule has 132 valence electrons. The first-order chi connectivity index (χ1) is 12.2. The van der Waals surface area contributed by atoms with Crippen LogP contribution in [0.15, 0.2) is 47.9 Å². The number of ether oxygens (including phenoxy) is 1. The van der Waals surface area contributed by atoms with E-state index in [1.54, 1.807) is 23.5 Å². The lowest BCUT2D eigenvalue weighted by Crippen LogP contribution is -2.43. The predicted octanol–water partition coefficient (Wildman–Crippen LogP) is 3.60. The van der Waals surface area contributed by atoms with Gasteiger partial charge in [-0.2, -0.15) is 0 Å². The standard InChI is InChI=1S/C19H21ClN2O2S/c20-16-6-3-15(4-7-16)5-8-19(23)21-14-17(18-2-1-13-25-18)22-9-11-24-12-10-22/h1-8,13,17H,9-12,14H2,(H,21,23). The highest BCUT2D eigenvalue weighted by molar-refractivity contribution is 7.10. The maximum absolute atomic E-state index is 12.2. The van der Waals surface area contributed by atoms with Crippen molar-refractivity contribution in [3.8, 4) is 0 Å². The summed E-state index contributed by atoms with van der Waals surface area (Å²) in [5.41, 5.74) is 0.947. The van der Waals surface area contributed by atoms with Gasteiger partial charge in [0.2, 0.25) is 5.91 Å². The normalized spacial score (nSPS) is 16.8. The Morgan fingerprint density at radius 3 is 2.72 bits per heavy atom. The molecular weight excluding hydrogens is 356 g/mol. The minimum atomic E-state index is -0.0928. The summed E-state index contributed by atoms with van der Waals surface area (Å²) in [6.07, 6.45) is 3.36. The van der Waals surface area contributed by atoms with E-state index in [0.29, 0.717) is 11.6 Å². The van der Waals surface area contributed by atoms with E-state index in [1.165, 1.54) is 4.88 Å². The van der Waals surface area contributed by atoms with Crippen molar-refractivity contribution in [3.63, 3.8) is 0 Å². The van der Waals surface area contributed by atoms with Gasteiger partial charge in [0.25, 0.3) is 0 Å². The summed E-state index contributed by atoms with van der Waals surface area (Å²) < 4.78 is 5.44. The molecule has 6 heteroatoms. The molecule has 0 bridgehead atoms. The van der Waals surface area contributed by atoms with Gasteiger partial charge < -0.3 is 10.1 Å². The number of morpholine rings is 1. The first kappa shape index (κ1) is 18.1. The van der Waals surface area contributed by atoms with Crippen LogP contribution in [0.5, 0.6) is 0 Å². The summed E-state index contributed by atoms with van der Waals surface area (Å²) in [7, 11) is 0. The fraction of sp³-hybridized carbons (Fsp3) is 0.316. The first-order valence-electron chi connectivity index (χ1n) is 8.29. The lowest BCUT2D eigenvalue weighted by molar-refractivity contribution is -0.116. The summed E-state index contributed by atoms with van der Waals surface area (Å²) in [5.74, 6) is -0.0928. The number of halogens is 1. The second-order valence-electron chi connectivity index (χ2n) is 5.81. The van der Waals surface area contributed by atoms with Gasteiger partial charge in [0.05, 0.1) is 19.3 Å². The SMILES string of the molecule is O=C(C=Cc1ccc(Cl)cc1)NCC(c1cccs1)N1CCOCC1. The molecule has 1 atom stereocenters. The Bertz CT molecular complexity index is 695. The number of hydrogen-bond donors (Lipinski definition) is 1. The fourth-order valence-corrected chi connectivity index (χ4v) is 3.77. The van der Waals surface area contributed by atoms with E-state index < -0.39 is 0 Å². The molecule has 4 nitrogen and oxygen atoms in total. The van der Waals surface area contributed by atoms with Crippen LogP contribution < -0.4 is 5.32 Å². The zero-order valence-corrected chi connectivity index (χ0v) is 15.4. The Balaban J connectivity index is 1.58. The predicted molar refractivity (Wildman–Crippen MR) is 103 cm³/mol. The van der Waals surface area contributed by atoms with Gasteiger partial charge in [-0.15, -0.1) is 11.3 Å². The fourth-order valence-electron chi connectivity index (χ4n) is 2.78. The Morgan fingerprint density at radius 2 is 2.04 bits per heavy atom. The number of rotatable bonds is 6. The Kier molecular flexibility index (Phi) is 6.64.